The first-order valence-corrected chi connectivity index (χ1v) is 11.2. The number of nitrogens with zero attached hydrogens (tertiary/aromatic N) is 4. The minimum Gasteiger partial charge on any atom is -0.272 e. The smallest absolute Gasteiger partial charge is 0.250 e. The molecule has 4 rings (SSSR count). The average Bonchev–Trinajstić information content (AvgIpc) is 3.24. The van der Waals surface area contributed by atoms with E-state index in [4.69, 9.17) is 11.6 Å². The highest BCUT2D eigenvalue weighted by Gasteiger charge is 2.17. The molecule has 1 aromatic heterocycles. The summed E-state index contributed by atoms with van der Waals surface area (Å²) in [5.41, 5.74) is 6.42. The number of carbonyl (C=O) groups is 1. The van der Waals surface area contributed by atoms with Crippen molar-refractivity contribution in [3.8, 4) is 17.1 Å². The van der Waals surface area contributed by atoms with Gasteiger partial charge in [0.1, 0.15) is 0 Å². The van der Waals surface area contributed by atoms with Crippen LogP contribution in [0.3, 0.4) is 0 Å². The fourth-order valence-corrected chi connectivity index (χ4v) is 3.82. The lowest BCUT2D eigenvalue weighted by molar-refractivity contribution is -0.118. The van der Waals surface area contributed by atoms with E-state index in [0.717, 1.165) is 16.8 Å². The number of benzene rings is 3. The van der Waals surface area contributed by atoms with Crippen LogP contribution in [0.4, 0.5) is 0 Å². The molecule has 160 valence electrons. The molecule has 0 unspecified atom stereocenters. The van der Waals surface area contributed by atoms with Crippen LogP contribution in [0.25, 0.3) is 17.1 Å². The van der Waals surface area contributed by atoms with Crippen molar-refractivity contribution >= 4 is 35.5 Å². The van der Waals surface area contributed by atoms with Crippen LogP contribution < -0.4 is 5.43 Å². The highest BCUT2D eigenvalue weighted by molar-refractivity contribution is 7.99. The molecule has 0 atom stereocenters. The monoisotopic (exact) mass is 461 g/mol. The van der Waals surface area contributed by atoms with Crippen LogP contribution in [0.1, 0.15) is 11.1 Å². The molecule has 0 saturated heterocycles. The predicted octanol–water partition coefficient (Wildman–Crippen LogP) is 5.14. The second kappa shape index (κ2) is 10.3. The maximum absolute atomic E-state index is 12.3. The first-order chi connectivity index (χ1) is 15.6. The van der Waals surface area contributed by atoms with Gasteiger partial charge < -0.3 is 0 Å². The molecule has 32 heavy (non-hydrogen) atoms. The van der Waals surface area contributed by atoms with Gasteiger partial charge in [-0.3, -0.25) is 9.36 Å². The number of thioether (sulfide) groups is 1. The molecule has 3 aromatic carbocycles. The molecular formula is C24H20ClN5OS. The zero-order valence-electron chi connectivity index (χ0n) is 17.3. The van der Waals surface area contributed by atoms with Crippen molar-refractivity contribution in [2.24, 2.45) is 5.10 Å². The molecule has 0 bridgehead atoms. The Morgan fingerprint density at radius 1 is 1.03 bits per heavy atom. The number of carbonyl (C=O) groups excluding carboxylic acids is 1. The molecule has 1 N–H and O–H groups in total. The van der Waals surface area contributed by atoms with Crippen LogP contribution in [0.5, 0.6) is 0 Å². The number of aromatic nitrogens is 3. The Morgan fingerprint density at radius 2 is 1.75 bits per heavy atom. The van der Waals surface area contributed by atoms with Crippen molar-refractivity contribution in [3.63, 3.8) is 0 Å². The Morgan fingerprint density at radius 3 is 2.47 bits per heavy atom. The highest BCUT2D eigenvalue weighted by atomic mass is 35.5. The average molecular weight is 462 g/mol. The second-order valence-electron chi connectivity index (χ2n) is 6.98. The molecule has 8 heteroatoms. The molecule has 0 aliphatic carbocycles. The molecule has 0 saturated carbocycles. The third-order valence-corrected chi connectivity index (χ3v) is 5.74. The Labute approximate surface area is 195 Å². The van der Waals surface area contributed by atoms with Crippen molar-refractivity contribution in [3.05, 3.63) is 95.0 Å². The maximum atomic E-state index is 12.3. The highest BCUT2D eigenvalue weighted by Crippen LogP contribution is 2.28. The zero-order valence-corrected chi connectivity index (χ0v) is 18.8. The molecule has 4 aromatic rings. The fourth-order valence-electron chi connectivity index (χ4n) is 2.95. The number of aryl methyl sites for hydroxylation is 1. The number of nitrogens with one attached hydrogen (secondary N) is 1. The van der Waals surface area contributed by atoms with Crippen molar-refractivity contribution in [1.82, 2.24) is 20.2 Å². The number of hydrogen-bond acceptors (Lipinski definition) is 5. The first-order valence-electron chi connectivity index (χ1n) is 9.88. The molecule has 0 aliphatic rings. The van der Waals surface area contributed by atoms with Crippen LogP contribution in [0.15, 0.2) is 89.1 Å². The van der Waals surface area contributed by atoms with E-state index in [9.17, 15) is 4.79 Å². The largest absolute Gasteiger partial charge is 0.272 e. The molecular weight excluding hydrogens is 442 g/mol. The minimum atomic E-state index is -0.231. The van der Waals surface area contributed by atoms with Gasteiger partial charge in [-0.05, 0) is 36.8 Å². The van der Waals surface area contributed by atoms with E-state index in [1.54, 1.807) is 6.21 Å². The van der Waals surface area contributed by atoms with E-state index in [2.05, 4.69) is 20.7 Å². The van der Waals surface area contributed by atoms with Gasteiger partial charge in [0.15, 0.2) is 11.0 Å². The number of hydrogen-bond donors (Lipinski definition) is 1. The first kappa shape index (κ1) is 21.8. The summed E-state index contributed by atoms with van der Waals surface area (Å²) >= 11 is 7.35. The maximum Gasteiger partial charge on any atom is 0.250 e. The number of hydrazone groups is 1. The van der Waals surface area contributed by atoms with Gasteiger partial charge in [-0.15, -0.1) is 10.2 Å². The van der Waals surface area contributed by atoms with E-state index in [-0.39, 0.29) is 11.7 Å². The van der Waals surface area contributed by atoms with Gasteiger partial charge in [-0.1, -0.05) is 83.5 Å². The lowest BCUT2D eigenvalue weighted by Gasteiger charge is -2.10. The Bertz CT molecular complexity index is 1220. The fraction of sp³-hybridized carbons (Fsp3) is 0.0833. The topological polar surface area (TPSA) is 72.2 Å². The summed E-state index contributed by atoms with van der Waals surface area (Å²) in [7, 11) is 0. The summed E-state index contributed by atoms with van der Waals surface area (Å²) in [5, 5.41) is 14.0. The third-order valence-electron chi connectivity index (χ3n) is 4.56. The molecule has 1 amide bonds. The predicted molar refractivity (Wildman–Crippen MR) is 129 cm³/mol. The van der Waals surface area contributed by atoms with E-state index < -0.39 is 0 Å². The lowest BCUT2D eigenvalue weighted by atomic mass is 10.2. The summed E-state index contributed by atoms with van der Waals surface area (Å²) in [5.74, 6) is 0.602. The van der Waals surface area contributed by atoms with Crippen LogP contribution >= 0.6 is 23.4 Å². The molecule has 6 nitrogen and oxygen atoms in total. The Balaban J connectivity index is 1.49. The van der Waals surface area contributed by atoms with E-state index in [1.807, 2.05) is 90.4 Å². The summed E-state index contributed by atoms with van der Waals surface area (Å²) in [6.45, 7) is 2.02. The van der Waals surface area contributed by atoms with Crippen molar-refractivity contribution in [2.75, 3.05) is 5.75 Å². The van der Waals surface area contributed by atoms with Crippen molar-refractivity contribution < 1.29 is 4.79 Å². The van der Waals surface area contributed by atoms with Crippen molar-refractivity contribution in [2.45, 2.75) is 12.1 Å². The van der Waals surface area contributed by atoms with Gasteiger partial charge in [-0.25, -0.2) is 5.43 Å². The van der Waals surface area contributed by atoms with Crippen LogP contribution in [-0.2, 0) is 4.79 Å². The Kier molecular flexibility index (Phi) is 6.99. The van der Waals surface area contributed by atoms with E-state index >= 15 is 0 Å². The van der Waals surface area contributed by atoms with Gasteiger partial charge in [0.2, 0.25) is 0 Å². The molecule has 0 radical (unpaired) electrons. The van der Waals surface area contributed by atoms with Crippen LogP contribution in [0.2, 0.25) is 5.02 Å². The summed E-state index contributed by atoms with van der Waals surface area (Å²) in [6.07, 6.45) is 1.62. The summed E-state index contributed by atoms with van der Waals surface area (Å²) in [6, 6.07) is 25.1. The Hall–Kier alpha value is -3.42. The van der Waals surface area contributed by atoms with Gasteiger partial charge in [0, 0.05) is 16.3 Å². The number of amides is 1. The van der Waals surface area contributed by atoms with E-state index in [1.165, 1.54) is 17.3 Å². The molecule has 0 spiro atoms. The van der Waals surface area contributed by atoms with E-state index in [0.29, 0.717) is 16.0 Å². The minimum absolute atomic E-state index is 0.145. The second-order valence-corrected chi connectivity index (χ2v) is 8.36. The SMILES string of the molecule is Cc1ccc(C=NNC(=O)CSc2nnc(-c3ccccc3)n2-c2ccc(Cl)cc2)cc1. The van der Waals surface area contributed by atoms with Gasteiger partial charge in [0.05, 0.1) is 12.0 Å². The molecule has 1 heterocycles. The molecule has 0 aliphatic heterocycles. The van der Waals surface area contributed by atoms with Crippen LogP contribution in [0, 0.1) is 6.92 Å². The zero-order chi connectivity index (χ0) is 22.3. The van der Waals surface area contributed by atoms with Gasteiger partial charge in [0.25, 0.3) is 5.91 Å². The number of halogens is 1. The normalized spacial score (nSPS) is 11.1. The lowest BCUT2D eigenvalue weighted by Crippen LogP contribution is -2.20. The number of rotatable bonds is 7. The van der Waals surface area contributed by atoms with Crippen LogP contribution in [-0.4, -0.2) is 32.6 Å². The standard InChI is InChI=1S/C24H20ClN5OS/c1-17-7-9-18(10-8-17)15-26-27-22(31)16-32-24-29-28-23(19-5-3-2-4-6-19)30(24)21-13-11-20(25)12-14-21/h2-15H,16H2,1H3,(H,27,31). The van der Waals surface area contributed by atoms with Gasteiger partial charge >= 0.3 is 0 Å². The molecule has 0 fully saturated rings. The summed E-state index contributed by atoms with van der Waals surface area (Å²) in [4.78, 5) is 12.3. The quantitative estimate of drug-likeness (QED) is 0.235. The van der Waals surface area contributed by atoms with Crippen molar-refractivity contribution in [1.29, 1.82) is 0 Å². The third kappa shape index (κ3) is 5.43. The van der Waals surface area contributed by atoms with Gasteiger partial charge in [-0.2, -0.15) is 5.10 Å². The summed E-state index contributed by atoms with van der Waals surface area (Å²) < 4.78 is 1.92.